The van der Waals surface area contributed by atoms with Gasteiger partial charge in [0, 0.05) is 37.4 Å². The van der Waals surface area contributed by atoms with Crippen LogP contribution in [0.15, 0.2) is 17.3 Å². The summed E-state index contributed by atoms with van der Waals surface area (Å²) in [6.45, 7) is 16.6. The Hall–Kier alpha value is -2.63. The third-order valence-corrected chi connectivity index (χ3v) is 7.27. The lowest BCUT2D eigenvalue weighted by atomic mass is 10.0. The molecule has 4 heterocycles. The van der Waals surface area contributed by atoms with Crippen LogP contribution in [0.4, 0.5) is 11.4 Å². The molecule has 34 heavy (non-hydrogen) atoms. The summed E-state index contributed by atoms with van der Waals surface area (Å²) in [5, 5.41) is 4.50. The van der Waals surface area contributed by atoms with Crippen LogP contribution in [0.2, 0.25) is 0 Å². The molecule has 6 nitrogen and oxygen atoms in total. The van der Waals surface area contributed by atoms with Crippen molar-refractivity contribution in [2.24, 2.45) is 5.16 Å². The summed E-state index contributed by atoms with van der Waals surface area (Å²) < 4.78 is 0. The van der Waals surface area contributed by atoms with Crippen LogP contribution in [-0.4, -0.2) is 48.0 Å². The maximum Gasteiger partial charge on any atom is 0.142 e. The first-order valence-electron chi connectivity index (χ1n) is 12.9. The van der Waals surface area contributed by atoms with Gasteiger partial charge in [0.05, 0.1) is 35.0 Å². The molecule has 2 aliphatic heterocycles. The number of oxime groups is 1. The summed E-state index contributed by atoms with van der Waals surface area (Å²) >= 11 is 0. The van der Waals surface area contributed by atoms with E-state index in [1.54, 1.807) is 0 Å². The highest BCUT2D eigenvalue weighted by atomic mass is 16.6. The molecule has 2 aliphatic rings. The quantitative estimate of drug-likeness (QED) is 0.402. The number of pyridine rings is 2. The van der Waals surface area contributed by atoms with E-state index in [4.69, 9.17) is 14.8 Å². The van der Waals surface area contributed by atoms with Gasteiger partial charge in [0.25, 0.3) is 0 Å². The van der Waals surface area contributed by atoms with Crippen molar-refractivity contribution in [2.75, 3.05) is 36.0 Å². The van der Waals surface area contributed by atoms with E-state index in [0.717, 1.165) is 69.0 Å². The third-order valence-electron chi connectivity index (χ3n) is 7.27. The molecule has 0 N–H and O–H groups in total. The maximum absolute atomic E-state index is 5.94. The number of fused-ring (bicyclic) bond motifs is 2. The molecule has 184 valence electrons. The number of hydrogen-bond donors (Lipinski definition) is 0. The molecule has 0 aromatic carbocycles. The van der Waals surface area contributed by atoms with E-state index in [1.807, 2.05) is 0 Å². The Balaban J connectivity index is 1.33. The van der Waals surface area contributed by atoms with Crippen molar-refractivity contribution in [3.8, 4) is 0 Å². The third kappa shape index (κ3) is 5.70. The maximum atomic E-state index is 5.94. The summed E-state index contributed by atoms with van der Waals surface area (Å²) in [4.78, 5) is 20.6. The highest BCUT2D eigenvalue weighted by molar-refractivity contribution is 5.82. The lowest BCUT2D eigenvalue weighted by molar-refractivity contribution is 0.0762. The number of nitrogens with zero attached hydrogens (tertiary/aromatic N) is 5. The van der Waals surface area contributed by atoms with Crippen LogP contribution in [0.1, 0.15) is 73.4 Å². The van der Waals surface area contributed by atoms with Gasteiger partial charge >= 0.3 is 0 Å². The normalized spacial score (nSPS) is 17.2. The lowest BCUT2D eigenvalue weighted by Gasteiger charge is -2.32. The molecule has 1 atom stereocenters. The highest BCUT2D eigenvalue weighted by Gasteiger charge is 2.22. The van der Waals surface area contributed by atoms with Gasteiger partial charge in [-0.05, 0) is 96.9 Å². The van der Waals surface area contributed by atoms with Crippen LogP contribution in [0.3, 0.4) is 0 Å². The second-order valence-electron chi connectivity index (χ2n) is 10.2. The first kappa shape index (κ1) is 24.5. The van der Waals surface area contributed by atoms with Crippen LogP contribution in [-0.2, 0) is 17.7 Å². The van der Waals surface area contributed by atoms with Gasteiger partial charge in [-0.2, -0.15) is 0 Å². The minimum atomic E-state index is 0.0243. The summed E-state index contributed by atoms with van der Waals surface area (Å²) in [5.41, 5.74) is 10.9. The Kier molecular flexibility index (Phi) is 7.74. The van der Waals surface area contributed by atoms with Crippen molar-refractivity contribution in [3.63, 3.8) is 0 Å². The van der Waals surface area contributed by atoms with Gasteiger partial charge in [-0.15, -0.1) is 0 Å². The average Bonchev–Trinajstić information content (AvgIpc) is 2.99. The number of aryl methyl sites for hydroxylation is 6. The fourth-order valence-corrected chi connectivity index (χ4v) is 4.96. The topological polar surface area (TPSA) is 53.9 Å². The van der Waals surface area contributed by atoms with Crippen LogP contribution in [0.25, 0.3) is 0 Å². The molecule has 0 saturated heterocycles. The van der Waals surface area contributed by atoms with Crippen molar-refractivity contribution in [2.45, 2.75) is 86.2 Å². The first-order chi connectivity index (χ1) is 16.3. The first-order valence-corrected chi connectivity index (χ1v) is 12.9. The van der Waals surface area contributed by atoms with Crippen LogP contribution < -0.4 is 9.80 Å². The van der Waals surface area contributed by atoms with Gasteiger partial charge in [0.1, 0.15) is 6.10 Å². The Labute approximate surface area is 205 Å². The SMILES string of the molecule is C/C(CCN1CCCCc2nc(C)c(C)cc21)=N\O[C@H](C)CN1CCCc2nc(C)c(C)cc21. The Morgan fingerprint density at radius 3 is 2.18 bits per heavy atom. The zero-order valence-corrected chi connectivity index (χ0v) is 21.9. The van der Waals surface area contributed by atoms with Crippen molar-refractivity contribution in [1.29, 1.82) is 0 Å². The fraction of sp³-hybridized carbons (Fsp3) is 0.607. The van der Waals surface area contributed by atoms with E-state index < -0.39 is 0 Å². The predicted octanol–water partition coefficient (Wildman–Crippen LogP) is 5.48. The molecular formula is C28H41N5O. The van der Waals surface area contributed by atoms with E-state index in [2.05, 4.69) is 68.6 Å². The molecule has 0 amide bonds. The van der Waals surface area contributed by atoms with Crippen molar-refractivity contribution in [1.82, 2.24) is 9.97 Å². The largest absolute Gasteiger partial charge is 0.391 e. The van der Waals surface area contributed by atoms with E-state index in [9.17, 15) is 0 Å². The van der Waals surface area contributed by atoms with E-state index in [-0.39, 0.29) is 6.10 Å². The molecule has 2 aromatic heterocycles. The lowest BCUT2D eigenvalue weighted by Crippen LogP contribution is -2.36. The average molecular weight is 464 g/mol. The number of aromatic nitrogens is 2. The zero-order valence-electron chi connectivity index (χ0n) is 21.9. The van der Waals surface area contributed by atoms with Crippen molar-refractivity contribution < 1.29 is 4.84 Å². The predicted molar refractivity (Wildman–Crippen MR) is 141 cm³/mol. The number of hydrogen-bond acceptors (Lipinski definition) is 6. The standard InChI is InChI=1S/C28H41N5O/c1-19-16-27-25(29-23(19)5)10-7-8-13-32(27)15-12-21(3)31-34-22(4)18-33-14-9-11-26-28(33)17-20(2)24(6)30-26/h16-17,22H,7-15,18H2,1-6H3/b31-21+/t22-/m1/s1. The Morgan fingerprint density at radius 1 is 0.912 bits per heavy atom. The van der Waals surface area contributed by atoms with E-state index in [0.29, 0.717) is 0 Å². The van der Waals surface area contributed by atoms with Gasteiger partial charge < -0.3 is 14.6 Å². The van der Waals surface area contributed by atoms with Crippen LogP contribution >= 0.6 is 0 Å². The summed E-state index contributed by atoms with van der Waals surface area (Å²) in [5.74, 6) is 0. The molecule has 0 bridgehead atoms. The molecule has 0 radical (unpaired) electrons. The van der Waals surface area contributed by atoms with Gasteiger partial charge in [0.2, 0.25) is 0 Å². The number of anilines is 2. The molecule has 4 rings (SSSR count). The molecular weight excluding hydrogens is 422 g/mol. The number of rotatable bonds is 7. The van der Waals surface area contributed by atoms with Crippen LogP contribution in [0.5, 0.6) is 0 Å². The molecule has 0 unspecified atom stereocenters. The molecule has 2 aromatic rings. The summed E-state index contributed by atoms with van der Waals surface area (Å²) in [6.07, 6.45) is 6.63. The molecule has 6 heteroatoms. The highest BCUT2D eigenvalue weighted by Crippen LogP contribution is 2.29. The zero-order chi connectivity index (χ0) is 24.2. The Morgan fingerprint density at radius 2 is 1.50 bits per heavy atom. The minimum Gasteiger partial charge on any atom is -0.391 e. The van der Waals surface area contributed by atoms with Gasteiger partial charge in [-0.1, -0.05) is 5.16 Å². The second-order valence-corrected chi connectivity index (χ2v) is 10.2. The molecule has 0 fully saturated rings. The fourth-order valence-electron chi connectivity index (χ4n) is 4.96. The van der Waals surface area contributed by atoms with Gasteiger partial charge in [-0.3, -0.25) is 9.97 Å². The van der Waals surface area contributed by atoms with E-state index in [1.165, 1.54) is 46.7 Å². The van der Waals surface area contributed by atoms with Crippen LogP contribution in [0, 0.1) is 27.7 Å². The molecule has 0 saturated carbocycles. The molecule has 0 aliphatic carbocycles. The van der Waals surface area contributed by atoms with Crippen molar-refractivity contribution in [3.05, 3.63) is 46.0 Å². The van der Waals surface area contributed by atoms with Crippen molar-refractivity contribution >= 4 is 17.1 Å². The van der Waals surface area contributed by atoms with E-state index >= 15 is 0 Å². The Bertz CT molecular complexity index is 1050. The summed E-state index contributed by atoms with van der Waals surface area (Å²) in [7, 11) is 0. The summed E-state index contributed by atoms with van der Waals surface area (Å²) in [6, 6.07) is 4.61. The smallest absolute Gasteiger partial charge is 0.142 e. The molecule has 0 spiro atoms. The minimum absolute atomic E-state index is 0.0243. The monoisotopic (exact) mass is 463 g/mol. The van der Waals surface area contributed by atoms with Gasteiger partial charge in [0.15, 0.2) is 0 Å². The second kappa shape index (κ2) is 10.7. The van der Waals surface area contributed by atoms with Gasteiger partial charge in [-0.25, -0.2) is 0 Å².